The van der Waals surface area contributed by atoms with Crippen molar-refractivity contribution < 1.29 is 26.4 Å². The average Bonchev–Trinajstić information content (AvgIpc) is 3.12. The number of nitrogens with one attached hydrogen (secondary N) is 1. The van der Waals surface area contributed by atoms with Crippen LogP contribution in [0.1, 0.15) is 5.56 Å². The summed E-state index contributed by atoms with van der Waals surface area (Å²) in [5.74, 6) is -0.607. The van der Waals surface area contributed by atoms with E-state index in [-0.39, 0.29) is 16.7 Å². The van der Waals surface area contributed by atoms with E-state index in [1.165, 1.54) is 0 Å². The van der Waals surface area contributed by atoms with Crippen molar-refractivity contribution in [2.24, 2.45) is 0 Å². The van der Waals surface area contributed by atoms with Gasteiger partial charge >= 0.3 is 6.18 Å². The first kappa shape index (κ1) is 21.0. The first-order chi connectivity index (χ1) is 13.1. The summed E-state index contributed by atoms with van der Waals surface area (Å²) in [7, 11) is -4.58. The third kappa shape index (κ3) is 4.29. The molecule has 2 aromatic rings. The van der Waals surface area contributed by atoms with Crippen LogP contribution in [0.15, 0.2) is 53.4 Å². The van der Waals surface area contributed by atoms with Crippen molar-refractivity contribution in [2.75, 3.05) is 16.9 Å². The molecule has 1 aliphatic heterocycles. The summed E-state index contributed by atoms with van der Waals surface area (Å²) in [6, 6.07) is 9.70. The number of para-hydroxylation sites is 1. The van der Waals surface area contributed by atoms with Gasteiger partial charge in [-0.05, 0) is 30.3 Å². The molecule has 0 radical (unpaired) electrons. The molecule has 11 heteroatoms. The van der Waals surface area contributed by atoms with Crippen LogP contribution in [0.4, 0.5) is 18.9 Å². The lowest BCUT2D eigenvalue weighted by Crippen LogP contribution is -2.44. The fourth-order valence-electron chi connectivity index (χ4n) is 2.69. The predicted octanol–water partition coefficient (Wildman–Crippen LogP) is 4.06. The third-order valence-electron chi connectivity index (χ3n) is 4.02. The number of hydrogen-bond acceptors (Lipinski definition) is 4. The number of sulfonamides is 1. The van der Waals surface area contributed by atoms with Gasteiger partial charge < -0.3 is 5.32 Å². The van der Waals surface area contributed by atoms with E-state index in [4.69, 9.17) is 11.6 Å². The van der Waals surface area contributed by atoms with Crippen molar-refractivity contribution in [1.29, 1.82) is 0 Å². The summed E-state index contributed by atoms with van der Waals surface area (Å²) in [6.45, 7) is 0. The van der Waals surface area contributed by atoms with Gasteiger partial charge in [0.1, 0.15) is 6.04 Å². The van der Waals surface area contributed by atoms with Gasteiger partial charge in [0.25, 0.3) is 0 Å². The minimum atomic E-state index is -4.91. The Kier molecular flexibility index (Phi) is 5.95. The maximum Gasteiger partial charge on any atom is 0.417 e. The summed E-state index contributed by atoms with van der Waals surface area (Å²) >= 11 is 6.77. The molecule has 1 amide bonds. The van der Waals surface area contributed by atoms with Crippen LogP contribution in [0, 0.1) is 0 Å². The minimum absolute atomic E-state index is 0.130. The lowest BCUT2D eigenvalue weighted by atomic mass is 10.2. The number of carbonyl (C=O) groups excluding carboxylic acids is 1. The molecule has 1 unspecified atom stereocenters. The topological polar surface area (TPSA) is 66.5 Å². The molecule has 0 saturated carbocycles. The molecule has 0 aromatic heterocycles. The zero-order valence-corrected chi connectivity index (χ0v) is 16.5. The molecule has 2 aromatic carbocycles. The van der Waals surface area contributed by atoms with E-state index in [0.29, 0.717) is 11.8 Å². The molecule has 5 nitrogen and oxygen atoms in total. The zero-order valence-electron chi connectivity index (χ0n) is 14.1. The molecule has 0 spiro atoms. The number of benzene rings is 2. The SMILES string of the molecule is O=C(Nc1ccccc1)C1CSCN1S(=O)(=O)c1ccc(Cl)cc1C(F)(F)F. The number of amides is 1. The highest BCUT2D eigenvalue weighted by Gasteiger charge is 2.44. The lowest BCUT2D eigenvalue weighted by Gasteiger charge is -2.24. The van der Waals surface area contributed by atoms with Gasteiger partial charge in [0.05, 0.1) is 16.3 Å². The molecule has 0 bridgehead atoms. The van der Waals surface area contributed by atoms with E-state index in [1.807, 2.05) is 0 Å². The minimum Gasteiger partial charge on any atom is -0.325 e. The van der Waals surface area contributed by atoms with Crippen molar-refractivity contribution in [3.8, 4) is 0 Å². The number of anilines is 1. The van der Waals surface area contributed by atoms with Crippen molar-refractivity contribution in [1.82, 2.24) is 4.31 Å². The van der Waals surface area contributed by atoms with Crippen LogP contribution >= 0.6 is 23.4 Å². The van der Waals surface area contributed by atoms with Gasteiger partial charge in [-0.3, -0.25) is 4.79 Å². The summed E-state index contributed by atoms with van der Waals surface area (Å²) in [4.78, 5) is 11.6. The van der Waals surface area contributed by atoms with Gasteiger partial charge in [0.2, 0.25) is 15.9 Å². The monoisotopic (exact) mass is 450 g/mol. The van der Waals surface area contributed by atoms with Crippen LogP contribution in [0.5, 0.6) is 0 Å². The van der Waals surface area contributed by atoms with Gasteiger partial charge in [-0.15, -0.1) is 11.8 Å². The van der Waals surface area contributed by atoms with Crippen LogP contribution in [0.3, 0.4) is 0 Å². The second-order valence-corrected chi connectivity index (χ2v) is 9.20. The van der Waals surface area contributed by atoms with Gasteiger partial charge in [0.15, 0.2) is 0 Å². The smallest absolute Gasteiger partial charge is 0.325 e. The second kappa shape index (κ2) is 7.94. The van der Waals surface area contributed by atoms with Crippen LogP contribution in [0.2, 0.25) is 5.02 Å². The largest absolute Gasteiger partial charge is 0.417 e. The predicted molar refractivity (Wildman–Crippen MR) is 102 cm³/mol. The van der Waals surface area contributed by atoms with Gasteiger partial charge in [-0.25, -0.2) is 8.42 Å². The zero-order chi connectivity index (χ0) is 20.5. The first-order valence-electron chi connectivity index (χ1n) is 7.93. The van der Waals surface area contributed by atoms with E-state index >= 15 is 0 Å². The molecule has 3 rings (SSSR count). The first-order valence-corrected chi connectivity index (χ1v) is 10.9. The van der Waals surface area contributed by atoms with Crippen molar-refractivity contribution in [3.63, 3.8) is 0 Å². The number of carbonyl (C=O) groups is 1. The highest BCUT2D eigenvalue weighted by molar-refractivity contribution is 8.00. The lowest BCUT2D eigenvalue weighted by molar-refractivity contribution is -0.139. The maximum absolute atomic E-state index is 13.4. The highest BCUT2D eigenvalue weighted by atomic mass is 35.5. The summed E-state index contributed by atoms with van der Waals surface area (Å²) in [6.07, 6.45) is -4.91. The van der Waals surface area contributed by atoms with E-state index in [1.54, 1.807) is 30.3 Å². The van der Waals surface area contributed by atoms with Crippen molar-refractivity contribution >= 4 is 45.0 Å². The van der Waals surface area contributed by atoms with E-state index in [0.717, 1.165) is 28.2 Å². The van der Waals surface area contributed by atoms with Crippen LogP contribution in [0.25, 0.3) is 0 Å². The normalized spacial score (nSPS) is 18.2. The molecular formula is C17H14ClF3N2O3S2. The molecule has 1 aliphatic rings. The molecular weight excluding hydrogens is 437 g/mol. The Hall–Kier alpha value is -1.75. The maximum atomic E-state index is 13.4. The number of alkyl halides is 3. The van der Waals surface area contributed by atoms with Crippen LogP contribution in [-0.4, -0.2) is 36.3 Å². The Bertz CT molecular complexity index is 985. The number of nitrogens with zero attached hydrogens (tertiary/aromatic N) is 1. The Balaban J connectivity index is 1.94. The van der Waals surface area contributed by atoms with Crippen LogP contribution in [-0.2, 0) is 21.0 Å². The average molecular weight is 451 g/mol. The van der Waals surface area contributed by atoms with E-state index in [9.17, 15) is 26.4 Å². The molecule has 150 valence electrons. The standard InChI is InChI=1S/C17H14ClF3N2O3S2/c18-11-6-7-15(13(8-11)17(19,20)21)28(25,26)23-10-27-9-14(23)16(24)22-12-4-2-1-3-5-12/h1-8,14H,9-10H2,(H,22,24). The second-order valence-electron chi connectivity index (χ2n) is 5.90. The summed E-state index contributed by atoms with van der Waals surface area (Å²) in [5.41, 5.74) is -0.900. The van der Waals surface area contributed by atoms with Crippen molar-refractivity contribution in [2.45, 2.75) is 17.1 Å². The molecule has 1 N–H and O–H groups in total. The molecule has 28 heavy (non-hydrogen) atoms. The third-order valence-corrected chi connectivity index (χ3v) is 7.34. The molecule has 1 heterocycles. The van der Waals surface area contributed by atoms with E-state index < -0.39 is 38.6 Å². The summed E-state index contributed by atoms with van der Waals surface area (Å²) < 4.78 is 66.8. The molecule has 1 fully saturated rings. The van der Waals surface area contributed by atoms with Gasteiger partial charge in [-0.1, -0.05) is 29.8 Å². The highest BCUT2D eigenvalue weighted by Crippen LogP contribution is 2.38. The number of hydrogen-bond donors (Lipinski definition) is 1. The van der Waals surface area contributed by atoms with Crippen molar-refractivity contribution in [3.05, 3.63) is 59.1 Å². The number of thioether (sulfide) groups is 1. The fraction of sp³-hybridized carbons (Fsp3) is 0.235. The Morgan fingerprint density at radius 1 is 1.18 bits per heavy atom. The van der Waals surface area contributed by atoms with Gasteiger partial charge in [0, 0.05) is 16.5 Å². The Labute approximate surface area is 168 Å². The van der Waals surface area contributed by atoms with Gasteiger partial charge in [-0.2, -0.15) is 17.5 Å². The quantitative estimate of drug-likeness (QED) is 0.762. The van der Waals surface area contributed by atoms with E-state index in [2.05, 4.69) is 5.32 Å². The fourth-order valence-corrected chi connectivity index (χ4v) is 6.21. The Morgan fingerprint density at radius 2 is 1.86 bits per heavy atom. The number of rotatable bonds is 4. The molecule has 0 aliphatic carbocycles. The Morgan fingerprint density at radius 3 is 2.50 bits per heavy atom. The summed E-state index contributed by atoms with van der Waals surface area (Å²) in [5, 5.41) is 2.35. The molecule has 1 saturated heterocycles. The number of halogens is 4. The molecule has 1 atom stereocenters. The van der Waals surface area contributed by atoms with Crippen LogP contribution < -0.4 is 5.32 Å².